The summed E-state index contributed by atoms with van der Waals surface area (Å²) in [5.41, 5.74) is 7.79. The second-order valence-electron chi connectivity index (χ2n) is 2.85. The number of aromatic nitrogens is 2. The zero-order valence-corrected chi connectivity index (χ0v) is 8.66. The standard InChI is InChI=1S/C9H10BrN3/c10-9-8-3-1-2-7(4-5-11)13(8)6-12-9/h1-3,6H,4-5,11H2. The van der Waals surface area contributed by atoms with Gasteiger partial charge in [0.25, 0.3) is 0 Å². The molecule has 0 aliphatic carbocycles. The van der Waals surface area contributed by atoms with E-state index in [2.05, 4.69) is 31.4 Å². The average Bonchev–Trinajstić information content (AvgIpc) is 2.50. The molecule has 0 amide bonds. The zero-order valence-electron chi connectivity index (χ0n) is 7.07. The maximum atomic E-state index is 5.51. The van der Waals surface area contributed by atoms with Gasteiger partial charge in [-0.05, 0) is 34.6 Å². The Bertz CT molecular complexity index is 422. The number of rotatable bonds is 2. The molecule has 2 N–H and O–H groups in total. The maximum absolute atomic E-state index is 5.51. The number of hydrogen-bond acceptors (Lipinski definition) is 2. The SMILES string of the molecule is NCCc1cccc2c(Br)ncn12. The van der Waals surface area contributed by atoms with E-state index in [1.165, 1.54) is 5.69 Å². The minimum absolute atomic E-state index is 0.662. The molecule has 0 atom stereocenters. The van der Waals surface area contributed by atoms with E-state index < -0.39 is 0 Å². The van der Waals surface area contributed by atoms with Gasteiger partial charge in [0.05, 0.1) is 5.52 Å². The van der Waals surface area contributed by atoms with E-state index in [0.717, 1.165) is 16.5 Å². The summed E-state index contributed by atoms with van der Waals surface area (Å²) < 4.78 is 2.93. The van der Waals surface area contributed by atoms with Crippen LogP contribution in [0.5, 0.6) is 0 Å². The van der Waals surface area contributed by atoms with Crippen LogP contribution in [-0.2, 0) is 6.42 Å². The minimum atomic E-state index is 0.662. The fourth-order valence-electron chi connectivity index (χ4n) is 1.40. The van der Waals surface area contributed by atoms with Crippen molar-refractivity contribution in [2.75, 3.05) is 6.54 Å². The van der Waals surface area contributed by atoms with E-state index in [0.29, 0.717) is 6.54 Å². The van der Waals surface area contributed by atoms with Crippen molar-refractivity contribution < 1.29 is 0 Å². The van der Waals surface area contributed by atoms with E-state index in [-0.39, 0.29) is 0 Å². The molecular formula is C9H10BrN3. The third kappa shape index (κ3) is 1.47. The van der Waals surface area contributed by atoms with Crippen molar-refractivity contribution in [2.24, 2.45) is 5.73 Å². The molecule has 0 spiro atoms. The molecule has 13 heavy (non-hydrogen) atoms. The highest BCUT2D eigenvalue weighted by Gasteiger charge is 2.03. The molecule has 0 aliphatic heterocycles. The van der Waals surface area contributed by atoms with Crippen LogP contribution in [0.15, 0.2) is 29.1 Å². The average molecular weight is 240 g/mol. The summed E-state index contributed by atoms with van der Waals surface area (Å²) in [5.74, 6) is 0. The Morgan fingerprint density at radius 3 is 3.08 bits per heavy atom. The molecule has 0 fully saturated rings. The van der Waals surface area contributed by atoms with Gasteiger partial charge in [-0.25, -0.2) is 4.98 Å². The third-order valence-corrected chi connectivity index (χ3v) is 2.62. The van der Waals surface area contributed by atoms with Crippen molar-refractivity contribution in [3.05, 3.63) is 34.8 Å². The van der Waals surface area contributed by atoms with E-state index in [9.17, 15) is 0 Å². The molecule has 0 unspecified atom stereocenters. The molecular weight excluding hydrogens is 230 g/mol. The van der Waals surface area contributed by atoms with Gasteiger partial charge in [0.1, 0.15) is 10.9 Å². The van der Waals surface area contributed by atoms with Crippen LogP contribution in [0.4, 0.5) is 0 Å². The predicted octanol–water partition coefficient (Wildman–Crippen LogP) is 1.60. The number of nitrogens with two attached hydrogens (primary N) is 1. The molecule has 2 aromatic heterocycles. The highest BCUT2D eigenvalue weighted by molar-refractivity contribution is 9.10. The van der Waals surface area contributed by atoms with Gasteiger partial charge >= 0.3 is 0 Å². The molecule has 0 saturated carbocycles. The highest BCUT2D eigenvalue weighted by Crippen LogP contribution is 2.17. The smallest absolute Gasteiger partial charge is 0.131 e. The van der Waals surface area contributed by atoms with E-state index in [1.54, 1.807) is 0 Å². The van der Waals surface area contributed by atoms with E-state index in [1.807, 2.05) is 18.5 Å². The van der Waals surface area contributed by atoms with Crippen LogP contribution >= 0.6 is 15.9 Å². The summed E-state index contributed by atoms with van der Waals surface area (Å²) in [5, 5.41) is 0. The van der Waals surface area contributed by atoms with Crippen LogP contribution < -0.4 is 5.73 Å². The lowest BCUT2D eigenvalue weighted by molar-refractivity contribution is 0.893. The monoisotopic (exact) mass is 239 g/mol. The quantitative estimate of drug-likeness (QED) is 0.866. The Kier molecular flexibility index (Phi) is 2.33. The second-order valence-corrected chi connectivity index (χ2v) is 3.60. The Morgan fingerprint density at radius 1 is 1.46 bits per heavy atom. The summed E-state index contributed by atoms with van der Waals surface area (Å²) in [6.07, 6.45) is 2.69. The van der Waals surface area contributed by atoms with Crippen LogP contribution in [0.3, 0.4) is 0 Å². The highest BCUT2D eigenvalue weighted by atomic mass is 79.9. The van der Waals surface area contributed by atoms with Gasteiger partial charge in [0.2, 0.25) is 0 Å². The van der Waals surface area contributed by atoms with Crippen molar-refractivity contribution in [3.63, 3.8) is 0 Å². The molecule has 3 nitrogen and oxygen atoms in total. The van der Waals surface area contributed by atoms with Crippen molar-refractivity contribution in [3.8, 4) is 0 Å². The lowest BCUT2D eigenvalue weighted by Gasteiger charge is -2.02. The second kappa shape index (κ2) is 3.47. The minimum Gasteiger partial charge on any atom is -0.330 e. The van der Waals surface area contributed by atoms with Gasteiger partial charge in [-0.2, -0.15) is 0 Å². The Balaban J connectivity index is 2.63. The molecule has 2 aromatic rings. The first-order chi connectivity index (χ1) is 6.33. The molecule has 0 aromatic carbocycles. The van der Waals surface area contributed by atoms with Crippen LogP contribution in [0.1, 0.15) is 5.69 Å². The van der Waals surface area contributed by atoms with Crippen LogP contribution in [-0.4, -0.2) is 15.9 Å². The molecule has 68 valence electrons. The van der Waals surface area contributed by atoms with Crippen LogP contribution in [0.25, 0.3) is 5.52 Å². The molecule has 0 aliphatic rings. The fraction of sp³-hybridized carbons (Fsp3) is 0.222. The summed E-state index contributed by atoms with van der Waals surface area (Å²) in [4.78, 5) is 4.18. The topological polar surface area (TPSA) is 43.3 Å². The third-order valence-electron chi connectivity index (χ3n) is 2.01. The summed E-state index contributed by atoms with van der Waals surface area (Å²) in [7, 11) is 0. The van der Waals surface area contributed by atoms with Gasteiger partial charge in [-0.1, -0.05) is 6.07 Å². The van der Waals surface area contributed by atoms with Crippen molar-refractivity contribution in [2.45, 2.75) is 6.42 Å². The first-order valence-electron chi connectivity index (χ1n) is 4.13. The molecule has 0 bridgehead atoms. The summed E-state index contributed by atoms with van der Waals surface area (Å²) >= 11 is 3.39. The van der Waals surface area contributed by atoms with Gasteiger partial charge in [-0.15, -0.1) is 0 Å². The summed E-state index contributed by atoms with van der Waals surface area (Å²) in [6.45, 7) is 0.662. The van der Waals surface area contributed by atoms with Crippen molar-refractivity contribution in [1.82, 2.24) is 9.38 Å². The molecule has 2 heterocycles. The van der Waals surface area contributed by atoms with Crippen LogP contribution in [0.2, 0.25) is 0 Å². The number of halogens is 1. The molecule has 0 radical (unpaired) electrons. The predicted molar refractivity (Wildman–Crippen MR) is 55.7 cm³/mol. The first kappa shape index (κ1) is 8.72. The fourth-order valence-corrected chi connectivity index (χ4v) is 1.81. The van der Waals surface area contributed by atoms with Gasteiger partial charge < -0.3 is 10.1 Å². The number of pyridine rings is 1. The number of nitrogens with zero attached hydrogens (tertiary/aromatic N) is 2. The van der Waals surface area contributed by atoms with Crippen molar-refractivity contribution in [1.29, 1.82) is 0 Å². The maximum Gasteiger partial charge on any atom is 0.131 e. The Morgan fingerprint density at radius 2 is 2.31 bits per heavy atom. The van der Waals surface area contributed by atoms with E-state index >= 15 is 0 Å². The van der Waals surface area contributed by atoms with E-state index in [4.69, 9.17) is 5.73 Å². The van der Waals surface area contributed by atoms with Crippen molar-refractivity contribution >= 4 is 21.4 Å². The molecule has 4 heteroatoms. The normalized spacial score (nSPS) is 10.9. The number of hydrogen-bond donors (Lipinski definition) is 1. The Labute approximate surface area is 84.7 Å². The van der Waals surface area contributed by atoms with Crippen LogP contribution in [0, 0.1) is 0 Å². The first-order valence-corrected chi connectivity index (χ1v) is 4.93. The lowest BCUT2D eigenvalue weighted by Crippen LogP contribution is -2.06. The van der Waals surface area contributed by atoms with Gasteiger partial charge in [0, 0.05) is 12.1 Å². The number of fused-ring (bicyclic) bond motifs is 1. The molecule has 0 saturated heterocycles. The Hall–Kier alpha value is -0.870. The largest absolute Gasteiger partial charge is 0.330 e. The van der Waals surface area contributed by atoms with Gasteiger partial charge in [0.15, 0.2) is 0 Å². The van der Waals surface area contributed by atoms with Gasteiger partial charge in [-0.3, -0.25) is 0 Å². The molecule has 2 rings (SSSR count). The number of imidazole rings is 1. The lowest BCUT2D eigenvalue weighted by atomic mass is 10.2. The summed E-state index contributed by atoms with van der Waals surface area (Å²) in [6, 6.07) is 6.11. The zero-order chi connectivity index (χ0) is 9.26.